The third kappa shape index (κ3) is 1.46. The van der Waals surface area contributed by atoms with Gasteiger partial charge in [0.1, 0.15) is 5.82 Å². The third-order valence-electron chi connectivity index (χ3n) is 2.64. The number of aromatic amines is 1. The lowest BCUT2D eigenvalue weighted by atomic mass is 10.3. The molecule has 0 fully saturated rings. The molecule has 92 valence electrons. The topological polar surface area (TPSA) is 119 Å². The number of aromatic nitrogens is 4. The summed E-state index contributed by atoms with van der Waals surface area (Å²) >= 11 is 0. The minimum atomic E-state index is -0.192. The Morgan fingerprint density at radius 3 is 3.00 bits per heavy atom. The first-order valence-corrected chi connectivity index (χ1v) is 5.23. The number of nitrogens with zero attached hydrogens (tertiary/aromatic N) is 3. The summed E-state index contributed by atoms with van der Waals surface area (Å²) < 4.78 is 5.12. The second kappa shape index (κ2) is 3.69. The van der Waals surface area contributed by atoms with Crippen molar-refractivity contribution in [2.45, 2.75) is 6.54 Å². The van der Waals surface area contributed by atoms with E-state index in [1.165, 1.54) is 13.3 Å². The number of hydrogen-bond donors (Lipinski definition) is 3. The van der Waals surface area contributed by atoms with Crippen molar-refractivity contribution in [1.29, 1.82) is 0 Å². The fraction of sp³-hybridized carbons (Fsp3) is 0.200. The van der Waals surface area contributed by atoms with Gasteiger partial charge < -0.3 is 20.8 Å². The van der Waals surface area contributed by atoms with E-state index in [1.54, 1.807) is 0 Å². The Morgan fingerprint density at radius 1 is 1.44 bits per heavy atom. The van der Waals surface area contributed by atoms with Crippen molar-refractivity contribution in [2.75, 3.05) is 12.8 Å². The van der Waals surface area contributed by atoms with Crippen LogP contribution in [0.15, 0.2) is 6.20 Å². The molecular weight excluding hydrogens is 236 g/mol. The number of rotatable bonds is 2. The molecule has 18 heavy (non-hydrogen) atoms. The van der Waals surface area contributed by atoms with Gasteiger partial charge in [0.25, 0.3) is 5.91 Å². The molecule has 2 aromatic rings. The molecule has 1 aliphatic rings. The lowest BCUT2D eigenvalue weighted by molar-refractivity contribution is 0.0961. The van der Waals surface area contributed by atoms with E-state index >= 15 is 0 Å². The number of amides is 1. The first-order valence-electron chi connectivity index (χ1n) is 5.23. The number of nitrogens with two attached hydrogens (primary N) is 1. The highest BCUT2D eigenvalue weighted by atomic mass is 16.5. The normalized spacial score (nSPS) is 13.3. The van der Waals surface area contributed by atoms with Crippen LogP contribution in [0.4, 0.5) is 5.95 Å². The summed E-state index contributed by atoms with van der Waals surface area (Å²) in [4.78, 5) is 26.5. The van der Waals surface area contributed by atoms with Gasteiger partial charge in [0.15, 0.2) is 5.69 Å². The minimum Gasteiger partial charge on any atom is -0.480 e. The SMILES string of the molecule is COc1nc(N)ncc1-c1nc2c([nH]1)CNC2=O. The van der Waals surface area contributed by atoms with E-state index in [-0.39, 0.29) is 11.9 Å². The van der Waals surface area contributed by atoms with Crippen LogP contribution in [0.5, 0.6) is 5.88 Å². The Morgan fingerprint density at radius 2 is 2.28 bits per heavy atom. The molecule has 0 bridgehead atoms. The van der Waals surface area contributed by atoms with Gasteiger partial charge in [0.05, 0.1) is 24.9 Å². The Labute approximate surface area is 102 Å². The number of carbonyl (C=O) groups excluding carboxylic acids is 1. The molecule has 4 N–H and O–H groups in total. The van der Waals surface area contributed by atoms with Crippen LogP contribution in [0.1, 0.15) is 16.2 Å². The molecule has 0 spiro atoms. The van der Waals surface area contributed by atoms with Gasteiger partial charge in [-0.15, -0.1) is 0 Å². The van der Waals surface area contributed by atoms with E-state index in [2.05, 4.69) is 25.3 Å². The Balaban J connectivity index is 2.10. The van der Waals surface area contributed by atoms with Crippen LogP contribution < -0.4 is 15.8 Å². The molecule has 0 aliphatic carbocycles. The lowest BCUT2D eigenvalue weighted by Gasteiger charge is -2.04. The number of methoxy groups -OCH3 is 1. The zero-order valence-corrected chi connectivity index (χ0v) is 9.52. The average molecular weight is 246 g/mol. The van der Waals surface area contributed by atoms with Crippen molar-refractivity contribution in [3.8, 4) is 17.3 Å². The number of anilines is 1. The molecule has 2 aromatic heterocycles. The standard InChI is InChI=1S/C10H10N6O2/c1-18-9-4(2-13-10(11)16-9)7-14-5-3-12-8(17)6(5)15-7/h2H,3H2,1H3,(H,12,17)(H,14,15)(H2,11,13,16). The number of ether oxygens (including phenoxy) is 1. The van der Waals surface area contributed by atoms with E-state index in [0.29, 0.717) is 29.5 Å². The van der Waals surface area contributed by atoms with Gasteiger partial charge in [-0.2, -0.15) is 4.98 Å². The van der Waals surface area contributed by atoms with Gasteiger partial charge in [0, 0.05) is 6.20 Å². The highest BCUT2D eigenvalue weighted by Crippen LogP contribution is 2.27. The van der Waals surface area contributed by atoms with Crippen molar-refractivity contribution < 1.29 is 9.53 Å². The maximum atomic E-state index is 11.4. The molecule has 0 saturated heterocycles. The van der Waals surface area contributed by atoms with E-state index < -0.39 is 0 Å². The molecule has 0 unspecified atom stereocenters. The Bertz CT molecular complexity index is 635. The van der Waals surface area contributed by atoms with E-state index in [0.717, 1.165) is 5.69 Å². The molecule has 0 radical (unpaired) electrons. The number of carbonyl (C=O) groups is 1. The van der Waals surface area contributed by atoms with Crippen LogP contribution in [-0.2, 0) is 6.54 Å². The summed E-state index contributed by atoms with van der Waals surface area (Å²) in [6.45, 7) is 0.444. The molecular formula is C10H10N6O2. The van der Waals surface area contributed by atoms with Crippen LogP contribution in [0.25, 0.3) is 11.4 Å². The smallest absolute Gasteiger partial charge is 0.272 e. The summed E-state index contributed by atoms with van der Waals surface area (Å²) in [6.07, 6.45) is 1.51. The number of nitrogen functional groups attached to an aromatic ring is 1. The molecule has 3 heterocycles. The second-order valence-electron chi connectivity index (χ2n) is 3.75. The van der Waals surface area contributed by atoms with E-state index in [9.17, 15) is 4.79 Å². The molecule has 0 saturated carbocycles. The second-order valence-corrected chi connectivity index (χ2v) is 3.75. The number of nitrogens with one attached hydrogen (secondary N) is 2. The lowest BCUT2D eigenvalue weighted by Crippen LogP contribution is -2.14. The third-order valence-corrected chi connectivity index (χ3v) is 2.64. The van der Waals surface area contributed by atoms with Crippen molar-refractivity contribution in [2.24, 2.45) is 0 Å². The Hall–Kier alpha value is -2.64. The van der Waals surface area contributed by atoms with E-state index in [1.807, 2.05) is 0 Å². The van der Waals surface area contributed by atoms with Crippen LogP contribution in [0.3, 0.4) is 0 Å². The number of fused-ring (bicyclic) bond motifs is 1. The summed E-state index contributed by atoms with van der Waals surface area (Å²) in [5.74, 6) is 0.734. The number of hydrogen-bond acceptors (Lipinski definition) is 6. The van der Waals surface area contributed by atoms with Crippen LogP contribution in [0, 0.1) is 0 Å². The van der Waals surface area contributed by atoms with Crippen molar-refractivity contribution >= 4 is 11.9 Å². The summed E-state index contributed by atoms with van der Waals surface area (Å²) in [5.41, 5.74) is 7.18. The van der Waals surface area contributed by atoms with E-state index in [4.69, 9.17) is 10.5 Å². The average Bonchev–Trinajstić information content (AvgIpc) is 2.92. The van der Waals surface area contributed by atoms with Gasteiger partial charge in [-0.05, 0) is 0 Å². The summed E-state index contributed by atoms with van der Waals surface area (Å²) in [5, 5.41) is 2.67. The first kappa shape index (κ1) is 10.5. The van der Waals surface area contributed by atoms with Gasteiger partial charge in [-0.3, -0.25) is 4.79 Å². The van der Waals surface area contributed by atoms with Gasteiger partial charge in [0.2, 0.25) is 11.8 Å². The van der Waals surface area contributed by atoms with Crippen molar-refractivity contribution in [1.82, 2.24) is 25.3 Å². The van der Waals surface area contributed by atoms with Gasteiger partial charge >= 0.3 is 0 Å². The largest absolute Gasteiger partial charge is 0.480 e. The molecule has 8 heteroatoms. The molecule has 1 aliphatic heterocycles. The molecule has 0 atom stereocenters. The van der Waals surface area contributed by atoms with Crippen LogP contribution in [-0.4, -0.2) is 33.0 Å². The molecule has 0 aromatic carbocycles. The van der Waals surface area contributed by atoms with Crippen LogP contribution in [0.2, 0.25) is 0 Å². The fourth-order valence-electron chi connectivity index (χ4n) is 1.80. The highest BCUT2D eigenvalue weighted by Gasteiger charge is 2.25. The van der Waals surface area contributed by atoms with Crippen molar-refractivity contribution in [3.63, 3.8) is 0 Å². The van der Waals surface area contributed by atoms with Gasteiger partial charge in [-0.1, -0.05) is 0 Å². The highest BCUT2D eigenvalue weighted by molar-refractivity contribution is 5.96. The van der Waals surface area contributed by atoms with Gasteiger partial charge in [-0.25, -0.2) is 9.97 Å². The first-order chi connectivity index (χ1) is 8.69. The summed E-state index contributed by atoms with van der Waals surface area (Å²) in [7, 11) is 1.48. The number of imidazole rings is 1. The minimum absolute atomic E-state index is 0.118. The predicted molar refractivity (Wildman–Crippen MR) is 61.7 cm³/mol. The predicted octanol–water partition coefficient (Wildman–Crippen LogP) is -0.299. The molecule has 8 nitrogen and oxygen atoms in total. The quantitative estimate of drug-likeness (QED) is 0.669. The monoisotopic (exact) mass is 246 g/mol. The zero-order chi connectivity index (χ0) is 12.7. The Kier molecular flexibility index (Phi) is 2.15. The molecule has 1 amide bonds. The summed E-state index contributed by atoms with van der Waals surface area (Å²) in [6, 6.07) is 0. The zero-order valence-electron chi connectivity index (χ0n) is 9.52. The maximum absolute atomic E-state index is 11.4. The fourth-order valence-corrected chi connectivity index (χ4v) is 1.80. The van der Waals surface area contributed by atoms with Crippen LogP contribution >= 0.6 is 0 Å². The molecule has 3 rings (SSSR count). The maximum Gasteiger partial charge on any atom is 0.272 e. The van der Waals surface area contributed by atoms with Crippen molar-refractivity contribution in [3.05, 3.63) is 17.6 Å². The number of H-pyrrole nitrogens is 1.